The van der Waals surface area contributed by atoms with Crippen LogP contribution in [-0.4, -0.2) is 34.8 Å². The first-order chi connectivity index (χ1) is 12.3. The molecule has 1 aromatic carbocycles. The summed E-state index contributed by atoms with van der Waals surface area (Å²) in [5.74, 6) is -0.836. The van der Waals surface area contributed by atoms with Crippen LogP contribution >= 0.6 is 0 Å². The molecular formula is C18H16F3N3O2. The molecule has 0 aliphatic carbocycles. The molecule has 8 heteroatoms. The van der Waals surface area contributed by atoms with Crippen LogP contribution in [0.3, 0.4) is 0 Å². The quantitative estimate of drug-likeness (QED) is 0.907. The maximum absolute atomic E-state index is 12.8. The van der Waals surface area contributed by atoms with Crippen LogP contribution in [0, 0.1) is 0 Å². The third-order valence-electron chi connectivity index (χ3n) is 4.09. The molecule has 2 heterocycles. The van der Waals surface area contributed by atoms with Gasteiger partial charge in [0.2, 0.25) is 0 Å². The van der Waals surface area contributed by atoms with Crippen molar-refractivity contribution in [3.05, 3.63) is 59.4 Å². The fourth-order valence-electron chi connectivity index (χ4n) is 2.76. The number of likely N-dealkylation sites (tertiary alicyclic amines) is 1. The van der Waals surface area contributed by atoms with Crippen LogP contribution in [0.5, 0.6) is 0 Å². The van der Waals surface area contributed by atoms with Crippen LogP contribution in [0.15, 0.2) is 42.7 Å². The van der Waals surface area contributed by atoms with E-state index in [1.54, 1.807) is 4.90 Å². The van der Waals surface area contributed by atoms with Gasteiger partial charge in [-0.2, -0.15) is 13.2 Å². The van der Waals surface area contributed by atoms with Gasteiger partial charge in [-0.15, -0.1) is 0 Å². The van der Waals surface area contributed by atoms with Crippen molar-refractivity contribution in [2.45, 2.75) is 19.0 Å². The lowest BCUT2D eigenvalue weighted by atomic mass is 10.1. The molecule has 136 valence electrons. The third kappa shape index (κ3) is 4.01. The molecule has 0 saturated carbocycles. The summed E-state index contributed by atoms with van der Waals surface area (Å²) >= 11 is 0. The first kappa shape index (κ1) is 17.9. The number of anilines is 1. The number of halogens is 3. The molecule has 1 aromatic heterocycles. The minimum Gasteiger partial charge on any atom is -0.339 e. The smallest absolute Gasteiger partial charge is 0.339 e. The molecule has 0 unspecified atom stereocenters. The lowest BCUT2D eigenvalue weighted by Crippen LogP contribution is -2.28. The van der Waals surface area contributed by atoms with Gasteiger partial charge in [-0.25, -0.2) is 0 Å². The normalized spacial score (nSPS) is 14.3. The zero-order valence-corrected chi connectivity index (χ0v) is 13.7. The topological polar surface area (TPSA) is 62.3 Å². The highest BCUT2D eigenvalue weighted by Crippen LogP contribution is 2.30. The molecule has 1 aliphatic heterocycles. The number of nitrogens with one attached hydrogen (secondary N) is 1. The number of carbonyl (C=O) groups is 2. The Hall–Kier alpha value is -2.90. The first-order valence-electron chi connectivity index (χ1n) is 8.07. The van der Waals surface area contributed by atoms with E-state index in [0.717, 1.165) is 25.0 Å². The monoisotopic (exact) mass is 363 g/mol. The molecule has 26 heavy (non-hydrogen) atoms. The summed E-state index contributed by atoms with van der Waals surface area (Å²) in [4.78, 5) is 30.3. The van der Waals surface area contributed by atoms with Crippen LogP contribution in [0.4, 0.5) is 18.9 Å². The molecule has 2 aromatic rings. The van der Waals surface area contributed by atoms with Crippen molar-refractivity contribution in [1.82, 2.24) is 9.88 Å². The summed E-state index contributed by atoms with van der Waals surface area (Å²) in [6, 6.07) is 5.75. The molecule has 1 saturated heterocycles. The molecule has 3 rings (SSSR count). The van der Waals surface area contributed by atoms with Crippen molar-refractivity contribution >= 4 is 17.5 Å². The summed E-state index contributed by atoms with van der Waals surface area (Å²) in [5, 5.41) is 2.40. The summed E-state index contributed by atoms with van der Waals surface area (Å²) in [5.41, 5.74) is -0.455. The Bertz CT molecular complexity index is 830. The Morgan fingerprint density at radius 3 is 2.42 bits per heavy atom. The molecule has 0 atom stereocenters. The number of aromatic nitrogens is 1. The van der Waals surface area contributed by atoms with Crippen LogP contribution < -0.4 is 5.32 Å². The predicted octanol–water partition coefficient (Wildman–Crippen LogP) is 3.59. The van der Waals surface area contributed by atoms with E-state index in [1.165, 1.54) is 30.6 Å². The second kappa shape index (κ2) is 7.15. The van der Waals surface area contributed by atoms with Gasteiger partial charge in [-0.1, -0.05) is 6.07 Å². The van der Waals surface area contributed by atoms with Gasteiger partial charge in [0.05, 0.1) is 16.7 Å². The van der Waals surface area contributed by atoms with Gasteiger partial charge in [0.25, 0.3) is 11.8 Å². The fraction of sp³-hybridized carbons (Fsp3) is 0.278. The van der Waals surface area contributed by atoms with Crippen LogP contribution in [0.2, 0.25) is 0 Å². The van der Waals surface area contributed by atoms with Gasteiger partial charge >= 0.3 is 6.18 Å². The second-order valence-electron chi connectivity index (χ2n) is 5.99. The van der Waals surface area contributed by atoms with Crippen LogP contribution in [0.1, 0.15) is 39.1 Å². The van der Waals surface area contributed by atoms with Crippen molar-refractivity contribution in [3.63, 3.8) is 0 Å². The van der Waals surface area contributed by atoms with Gasteiger partial charge in [0.1, 0.15) is 0 Å². The van der Waals surface area contributed by atoms with E-state index in [1.807, 2.05) is 0 Å². The van der Waals surface area contributed by atoms with E-state index in [4.69, 9.17) is 0 Å². The maximum Gasteiger partial charge on any atom is 0.416 e. The fourth-order valence-corrected chi connectivity index (χ4v) is 2.76. The molecular weight excluding hydrogens is 347 g/mol. The Morgan fingerprint density at radius 2 is 1.73 bits per heavy atom. The average molecular weight is 363 g/mol. The zero-order chi connectivity index (χ0) is 18.7. The molecule has 1 aliphatic rings. The Labute approximate surface area is 147 Å². The van der Waals surface area contributed by atoms with E-state index in [9.17, 15) is 22.8 Å². The largest absolute Gasteiger partial charge is 0.416 e. The van der Waals surface area contributed by atoms with Gasteiger partial charge in [-0.3, -0.25) is 14.6 Å². The first-order valence-corrected chi connectivity index (χ1v) is 8.07. The SMILES string of the molecule is O=C(Nc1cccc(C(F)(F)F)c1)c1cncc(C(=O)N2CCCC2)c1. The standard InChI is InChI=1S/C18H16F3N3O2/c19-18(20,21)14-4-3-5-15(9-14)23-16(25)12-8-13(11-22-10-12)17(26)24-6-1-2-7-24/h3-5,8-11H,1-2,6-7H2,(H,23,25). The van der Waals surface area contributed by atoms with E-state index in [2.05, 4.69) is 10.3 Å². The van der Waals surface area contributed by atoms with Crippen LogP contribution in [0.25, 0.3) is 0 Å². The van der Waals surface area contributed by atoms with Crippen molar-refractivity contribution < 1.29 is 22.8 Å². The second-order valence-corrected chi connectivity index (χ2v) is 5.99. The third-order valence-corrected chi connectivity index (χ3v) is 4.09. The number of hydrogen-bond acceptors (Lipinski definition) is 3. The van der Waals surface area contributed by atoms with Crippen molar-refractivity contribution in [1.29, 1.82) is 0 Å². The minimum atomic E-state index is -4.50. The van der Waals surface area contributed by atoms with Crippen molar-refractivity contribution in [2.24, 2.45) is 0 Å². The highest BCUT2D eigenvalue weighted by atomic mass is 19.4. The number of pyridine rings is 1. The summed E-state index contributed by atoms with van der Waals surface area (Å²) in [6.07, 6.45) is 0.0273. The van der Waals surface area contributed by atoms with Gasteiger partial charge < -0.3 is 10.2 Å². The molecule has 1 fully saturated rings. The number of carbonyl (C=O) groups excluding carboxylic acids is 2. The van der Waals surface area contributed by atoms with Gasteiger partial charge in [0, 0.05) is 31.2 Å². The van der Waals surface area contributed by atoms with E-state index in [-0.39, 0.29) is 22.7 Å². The average Bonchev–Trinajstić information content (AvgIpc) is 3.15. The van der Waals surface area contributed by atoms with Crippen LogP contribution in [-0.2, 0) is 6.18 Å². The lowest BCUT2D eigenvalue weighted by Gasteiger charge is -2.15. The Balaban J connectivity index is 1.76. The number of hydrogen-bond donors (Lipinski definition) is 1. The van der Waals surface area contributed by atoms with E-state index < -0.39 is 17.6 Å². The Kier molecular flexibility index (Phi) is 4.92. The molecule has 2 amide bonds. The van der Waals surface area contributed by atoms with E-state index in [0.29, 0.717) is 13.1 Å². The summed E-state index contributed by atoms with van der Waals surface area (Å²) < 4.78 is 38.3. The predicted molar refractivity (Wildman–Crippen MR) is 88.8 cm³/mol. The van der Waals surface area contributed by atoms with Gasteiger partial charge in [-0.05, 0) is 37.1 Å². The number of amides is 2. The summed E-state index contributed by atoms with van der Waals surface area (Å²) in [6.45, 7) is 1.33. The van der Waals surface area contributed by atoms with E-state index >= 15 is 0 Å². The van der Waals surface area contributed by atoms with Crippen molar-refractivity contribution in [2.75, 3.05) is 18.4 Å². The highest BCUT2D eigenvalue weighted by Gasteiger charge is 2.30. The Morgan fingerprint density at radius 1 is 1.04 bits per heavy atom. The molecule has 5 nitrogen and oxygen atoms in total. The molecule has 0 bridgehead atoms. The maximum atomic E-state index is 12.8. The zero-order valence-electron chi connectivity index (χ0n) is 13.7. The molecule has 1 N–H and O–H groups in total. The number of rotatable bonds is 3. The number of nitrogens with zero attached hydrogens (tertiary/aromatic N) is 2. The van der Waals surface area contributed by atoms with Gasteiger partial charge in [0.15, 0.2) is 0 Å². The highest BCUT2D eigenvalue weighted by molar-refractivity contribution is 6.05. The van der Waals surface area contributed by atoms with Crippen molar-refractivity contribution in [3.8, 4) is 0 Å². The molecule has 0 radical (unpaired) electrons. The number of alkyl halides is 3. The lowest BCUT2D eigenvalue weighted by molar-refractivity contribution is -0.137. The minimum absolute atomic E-state index is 0.0149. The summed E-state index contributed by atoms with van der Waals surface area (Å²) in [7, 11) is 0. The number of benzene rings is 1. The molecule has 0 spiro atoms.